The van der Waals surface area contributed by atoms with Gasteiger partial charge in [0.1, 0.15) is 5.75 Å². The Morgan fingerprint density at radius 3 is 2.70 bits per heavy atom. The molecule has 1 aromatic rings. The zero-order chi connectivity index (χ0) is 15.3. The van der Waals surface area contributed by atoms with Crippen LogP contribution in [0, 0.1) is 0 Å². The van der Waals surface area contributed by atoms with Crippen LogP contribution in [0.2, 0.25) is 5.02 Å². The largest absolute Gasteiger partial charge is 0.483 e. The Bertz CT molecular complexity index is 472. The highest BCUT2D eigenvalue weighted by Crippen LogP contribution is 2.28. The smallest absolute Gasteiger partial charge is 0.258 e. The van der Waals surface area contributed by atoms with Crippen molar-refractivity contribution in [3.8, 4) is 5.75 Å². The molecule has 0 aliphatic heterocycles. The number of benzene rings is 1. The third-order valence-corrected chi connectivity index (χ3v) is 3.38. The zero-order valence-corrected chi connectivity index (χ0v) is 13.1. The number of halogens is 1. The van der Waals surface area contributed by atoms with E-state index in [4.69, 9.17) is 16.3 Å². The van der Waals surface area contributed by atoms with E-state index in [1.807, 2.05) is 20.8 Å². The second kappa shape index (κ2) is 6.95. The number of amides is 1. The van der Waals surface area contributed by atoms with Crippen LogP contribution in [0.5, 0.6) is 5.75 Å². The molecule has 5 heteroatoms. The van der Waals surface area contributed by atoms with Crippen molar-refractivity contribution in [2.45, 2.75) is 45.8 Å². The molecule has 0 spiro atoms. The van der Waals surface area contributed by atoms with Crippen LogP contribution in [0.3, 0.4) is 0 Å². The van der Waals surface area contributed by atoms with Gasteiger partial charge in [-0.1, -0.05) is 18.5 Å². The molecule has 0 saturated carbocycles. The lowest BCUT2D eigenvalue weighted by molar-refractivity contribution is -0.124. The van der Waals surface area contributed by atoms with Gasteiger partial charge in [0.2, 0.25) is 0 Å². The normalized spacial score (nSPS) is 12.9. The molecule has 0 aromatic heterocycles. The minimum absolute atomic E-state index is 0.0925. The Hall–Kier alpha value is -1.26. The minimum atomic E-state index is -0.709. The van der Waals surface area contributed by atoms with Gasteiger partial charge in [-0.3, -0.25) is 4.79 Å². The summed E-state index contributed by atoms with van der Waals surface area (Å²) in [6.45, 7) is 7.44. The molecule has 4 nitrogen and oxygen atoms in total. The first-order valence-corrected chi connectivity index (χ1v) is 7.04. The molecule has 0 aliphatic rings. The lowest BCUT2D eigenvalue weighted by Crippen LogP contribution is -2.44. The third kappa shape index (κ3) is 5.02. The average molecular weight is 300 g/mol. The van der Waals surface area contributed by atoms with Crippen molar-refractivity contribution in [1.29, 1.82) is 0 Å². The number of nitrogens with one attached hydrogen (secondary N) is 1. The molecular formula is C15H22ClNO3. The second-order valence-corrected chi connectivity index (χ2v) is 5.87. The fourth-order valence-electron chi connectivity index (χ4n) is 1.62. The fourth-order valence-corrected chi connectivity index (χ4v) is 1.80. The number of aliphatic hydroxyl groups is 1. The SMILES string of the molecule is CCC(C)(C)NC(=O)COc1ccc(Cl)cc1[C@@H](C)O. The van der Waals surface area contributed by atoms with Gasteiger partial charge in [-0.25, -0.2) is 0 Å². The molecule has 0 bridgehead atoms. The summed E-state index contributed by atoms with van der Waals surface area (Å²) < 4.78 is 5.47. The minimum Gasteiger partial charge on any atom is -0.483 e. The van der Waals surface area contributed by atoms with E-state index in [-0.39, 0.29) is 18.1 Å². The van der Waals surface area contributed by atoms with E-state index in [1.165, 1.54) is 0 Å². The van der Waals surface area contributed by atoms with Crippen LogP contribution in [0.4, 0.5) is 0 Å². The van der Waals surface area contributed by atoms with Crippen molar-refractivity contribution in [2.75, 3.05) is 6.61 Å². The van der Waals surface area contributed by atoms with Gasteiger partial charge < -0.3 is 15.2 Å². The lowest BCUT2D eigenvalue weighted by Gasteiger charge is -2.24. The standard InChI is InChI=1S/C15H22ClNO3/c1-5-15(3,4)17-14(19)9-20-13-7-6-11(16)8-12(13)10(2)18/h6-8,10,18H,5,9H2,1-4H3,(H,17,19)/t10-/m1/s1. The van der Waals surface area contributed by atoms with E-state index in [2.05, 4.69) is 5.32 Å². The molecule has 1 aromatic carbocycles. The number of carbonyl (C=O) groups excluding carboxylic acids is 1. The molecule has 0 unspecified atom stereocenters. The molecular weight excluding hydrogens is 278 g/mol. The van der Waals surface area contributed by atoms with Crippen LogP contribution in [0.15, 0.2) is 18.2 Å². The van der Waals surface area contributed by atoms with Crippen LogP contribution in [-0.2, 0) is 4.79 Å². The number of hydrogen-bond acceptors (Lipinski definition) is 3. The predicted molar refractivity (Wildman–Crippen MR) is 80.1 cm³/mol. The van der Waals surface area contributed by atoms with Crippen molar-refractivity contribution < 1.29 is 14.6 Å². The van der Waals surface area contributed by atoms with Crippen LogP contribution in [0.25, 0.3) is 0 Å². The van der Waals surface area contributed by atoms with E-state index in [0.29, 0.717) is 16.3 Å². The Morgan fingerprint density at radius 2 is 2.15 bits per heavy atom. The molecule has 0 radical (unpaired) electrons. The average Bonchev–Trinajstić information content (AvgIpc) is 2.36. The van der Waals surface area contributed by atoms with Gasteiger partial charge in [-0.15, -0.1) is 0 Å². The predicted octanol–water partition coefficient (Wildman–Crippen LogP) is 3.08. The molecule has 2 N–H and O–H groups in total. The van der Waals surface area contributed by atoms with Crippen LogP contribution in [0.1, 0.15) is 45.8 Å². The molecule has 1 amide bonds. The number of ether oxygens (including phenoxy) is 1. The first-order valence-electron chi connectivity index (χ1n) is 6.66. The van der Waals surface area contributed by atoms with Gasteiger partial charge in [-0.2, -0.15) is 0 Å². The topological polar surface area (TPSA) is 58.6 Å². The van der Waals surface area contributed by atoms with E-state index >= 15 is 0 Å². The summed E-state index contributed by atoms with van der Waals surface area (Å²) in [6, 6.07) is 4.95. The monoisotopic (exact) mass is 299 g/mol. The van der Waals surface area contributed by atoms with Crippen LogP contribution < -0.4 is 10.1 Å². The Labute approximate surface area is 125 Å². The van der Waals surface area contributed by atoms with Gasteiger partial charge in [-0.05, 0) is 45.4 Å². The highest BCUT2D eigenvalue weighted by atomic mass is 35.5. The van der Waals surface area contributed by atoms with E-state index in [1.54, 1.807) is 25.1 Å². The van der Waals surface area contributed by atoms with Crippen LogP contribution >= 0.6 is 11.6 Å². The Kier molecular flexibility index (Phi) is 5.84. The van der Waals surface area contributed by atoms with Crippen molar-refractivity contribution in [1.82, 2.24) is 5.32 Å². The highest BCUT2D eigenvalue weighted by molar-refractivity contribution is 6.30. The molecule has 1 atom stereocenters. The highest BCUT2D eigenvalue weighted by Gasteiger charge is 2.18. The summed E-state index contributed by atoms with van der Waals surface area (Å²) in [4.78, 5) is 11.8. The van der Waals surface area contributed by atoms with E-state index in [9.17, 15) is 9.90 Å². The maximum atomic E-state index is 11.8. The van der Waals surface area contributed by atoms with E-state index in [0.717, 1.165) is 6.42 Å². The molecule has 20 heavy (non-hydrogen) atoms. The van der Waals surface area contributed by atoms with Crippen molar-refractivity contribution in [3.05, 3.63) is 28.8 Å². The molecule has 112 valence electrons. The van der Waals surface area contributed by atoms with Crippen LogP contribution in [-0.4, -0.2) is 23.2 Å². The van der Waals surface area contributed by atoms with Gasteiger partial charge in [0, 0.05) is 16.1 Å². The van der Waals surface area contributed by atoms with Crippen molar-refractivity contribution in [2.24, 2.45) is 0 Å². The molecule has 0 aliphatic carbocycles. The Morgan fingerprint density at radius 1 is 1.50 bits per heavy atom. The first-order chi connectivity index (χ1) is 9.25. The summed E-state index contributed by atoms with van der Waals surface area (Å²) in [5.41, 5.74) is 0.313. The maximum Gasteiger partial charge on any atom is 0.258 e. The second-order valence-electron chi connectivity index (χ2n) is 5.43. The van der Waals surface area contributed by atoms with Gasteiger partial charge >= 0.3 is 0 Å². The number of carbonyl (C=O) groups is 1. The number of rotatable bonds is 6. The summed E-state index contributed by atoms with van der Waals surface area (Å²) in [7, 11) is 0. The molecule has 0 fully saturated rings. The first kappa shape index (κ1) is 16.8. The summed E-state index contributed by atoms with van der Waals surface area (Å²) >= 11 is 5.88. The summed E-state index contributed by atoms with van der Waals surface area (Å²) in [5.74, 6) is 0.275. The Balaban J connectivity index is 2.68. The van der Waals surface area contributed by atoms with E-state index < -0.39 is 6.10 Å². The lowest BCUT2D eigenvalue weighted by atomic mass is 10.0. The quantitative estimate of drug-likeness (QED) is 0.848. The molecule has 0 heterocycles. The van der Waals surface area contributed by atoms with Gasteiger partial charge in [0.05, 0.1) is 6.10 Å². The zero-order valence-electron chi connectivity index (χ0n) is 12.4. The van der Waals surface area contributed by atoms with Crippen molar-refractivity contribution >= 4 is 17.5 Å². The number of aliphatic hydroxyl groups excluding tert-OH is 1. The molecule has 0 saturated heterocycles. The maximum absolute atomic E-state index is 11.8. The van der Waals surface area contributed by atoms with Gasteiger partial charge in [0.15, 0.2) is 6.61 Å². The van der Waals surface area contributed by atoms with Crippen molar-refractivity contribution in [3.63, 3.8) is 0 Å². The molecule has 1 rings (SSSR count). The number of hydrogen-bond donors (Lipinski definition) is 2. The summed E-state index contributed by atoms with van der Waals surface area (Å²) in [5, 5.41) is 13.1. The summed E-state index contributed by atoms with van der Waals surface area (Å²) in [6.07, 6.45) is 0.123. The van der Waals surface area contributed by atoms with Gasteiger partial charge in [0.25, 0.3) is 5.91 Å². The fraction of sp³-hybridized carbons (Fsp3) is 0.533. The third-order valence-electron chi connectivity index (χ3n) is 3.14.